The van der Waals surface area contributed by atoms with Crippen LogP contribution >= 0.6 is 0 Å². The van der Waals surface area contributed by atoms with Gasteiger partial charge in [-0.25, -0.2) is 4.39 Å². The number of nitrogens with one attached hydrogen (secondary N) is 2. The lowest BCUT2D eigenvalue weighted by Crippen LogP contribution is -2.45. The second-order valence-corrected chi connectivity index (χ2v) is 7.50. The zero-order valence-corrected chi connectivity index (χ0v) is 16.5. The lowest BCUT2D eigenvalue weighted by Gasteiger charge is -2.38. The van der Waals surface area contributed by atoms with E-state index < -0.39 is 0 Å². The number of rotatable bonds is 8. The van der Waals surface area contributed by atoms with Crippen LogP contribution in [0.5, 0.6) is 5.75 Å². The molecule has 0 bridgehead atoms. The molecule has 0 aromatic heterocycles. The first-order valence-corrected chi connectivity index (χ1v) is 10.0. The van der Waals surface area contributed by atoms with Crippen LogP contribution < -0.4 is 15.4 Å². The van der Waals surface area contributed by atoms with Crippen LogP contribution in [-0.4, -0.2) is 31.5 Å². The Kier molecular flexibility index (Phi) is 7.22. The standard InChI is InChI=1S/C23H27FN2O3/c24-19-11-9-18(10-12-19)23(13-5-2-6-14-23)17-26-21(27)15-25-22(28)16-29-20-7-3-1-4-8-20/h1,3-4,7-12H,2,5-6,13-17H2,(H,25,28)(H,26,27). The van der Waals surface area contributed by atoms with Gasteiger partial charge in [0.25, 0.3) is 5.91 Å². The molecule has 2 aromatic carbocycles. The molecule has 5 nitrogen and oxygen atoms in total. The summed E-state index contributed by atoms with van der Waals surface area (Å²) in [7, 11) is 0. The van der Waals surface area contributed by atoms with Crippen LogP contribution in [0.1, 0.15) is 37.7 Å². The first-order chi connectivity index (χ1) is 14.1. The van der Waals surface area contributed by atoms with Crippen molar-refractivity contribution in [3.8, 4) is 5.75 Å². The molecule has 0 spiro atoms. The van der Waals surface area contributed by atoms with Gasteiger partial charge < -0.3 is 15.4 Å². The van der Waals surface area contributed by atoms with Crippen molar-refractivity contribution in [3.63, 3.8) is 0 Å². The largest absolute Gasteiger partial charge is 0.484 e. The summed E-state index contributed by atoms with van der Waals surface area (Å²) in [5, 5.41) is 5.52. The maximum Gasteiger partial charge on any atom is 0.258 e. The monoisotopic (exact) mass is 398 g/mol. The SMILES string of the molecule is O=C(CNC(=O)COc1ccccc1)NCC1(c2ccc(F)cc2)CCCCC1. The minimum absolute atomic E-state index is 0.101. The molecular formula is C23H27FN2O3. The Hall–Kier alpha value is -2.89. The topological polar surface area (TPSA) is 67.4 Å². The highest BCUT2D eigenvalue weighted by Gasteiger charge is 2.34. The molecule has 1 aliphatic rings. The Morgan fingerprint density at radius 1 is 0.897 bits per heavy atom. The van der Waals surface area contributed by atoms with Crippen molar-refractivity contribution in [2.75, 3.05) is 19.7 Å². The Bertz CT molecular complexity index is 803. The smallest absolute Gasteiger partial charge is 0.258 e. The second-order valence-electron chi connectivity index (χ2n) is 7.50. The highest BCUT2D eigenvalue weighted by Crippen LogP contribution is 2.39. The van der Waals surface area contributed by atoms with Crippen LogP contribution in [0.2, 0.25) is 0 Å². The lowest BCUT2D eigenvalue weighted by molar-refractivity contribution is -0.127. The molecule has 2 N–H and O–H groups in total. The molecule has 1 saturated carbocycles. The fourth-order valence-corrected chi connectivity index (χ4v) is 3.83. The highest BCUT2D eigenvalue weighted by molar-refractivity contribution is 5.85. The van der Waals surface area contributed by atoms with Gasteiger partial charge in [0.15, 0.2) is 6.61 Å². The number of carbonyl (C=O) groups is 2. The maximum absolute atomic E-state index is 13.3. The number of benzene rings is 2. The van der Waals surface area contributed by atoms with Crippen LogP contribution in [-0.2, 0) is 15.0 Å². The van der Waals surface area contributed by atoms with E-state index in [1.54, 1.807) is 12.1 Å². The Balaban J connectivity index is 1.47. The van der Waals surface area contributed by atoms with Gasteiger partial charge in [0.2, 0.25) is 5.91 Å². The molecule has 0 aliphatic heterocycles. The van der Waals surface area contributed by atoms with Crippen molar-refractivity contribution in [2.45, 2.75) is 37.5 Å². The first kappa shape index (κ1) is 20.8. The van der Waals surface area contributed by atoms with E-state index in [9.17, 15) is 14.0 Å². The summed E-state index contributed by atoms with van der Waals surface area (Å²) >= 11 is 0. The average Bonchev–Trinajstić information content (AvgIpc) is 2.76. The summed E-state index contributed by atoms with van der Waals surface area (Å²) in [6, 6.07) is 15.6. The Labute approximate surface area is 170 Å². The van der Waals surface area contributed by atoms with Crippen molar-refractivity contribution in [1.82, 2.24) is 10.6 Å². The van der Waals surface area contributed by atoms with Crippen LogP contribution in [0.3, 0.4) is 0 Å². The zero-order chi connectivity index (χ0) is 20.5. The fraction of sp³-hybridized carbons (Fsp3) is 0.391. The number of carbonyl (C=O) groups excluding carboxylic acids is 2. The van der Waals surface area contributed by atoms with Crippen LogP contribution in [0.25, 0.3) is 0 Å². The summed E-state index contributed by atoms with van der Waals surface area (Å²) in [6.45, 7) is 0.237. The molecule has 0 saturated heterocycles. The third kappa shape index (κ3) is 6.04. The minimum atomic E-state index is -0.352. The van der Waals surface area contributed by atoms with E-state index in [4.69, 9.17) is 4.74 Å². The van der Waals surface area contributed by atoms with Crippen molar-refractivity contribution in [3.05, 3.63) is 66.0 Å². The second kappa shape index (κ2) is 10.0. The number of halogens is 1. The minimum Gasteiger partial charge on any atom is -0.484 e. The molecule has 2 aromatic rings. The van der Waals surface area contributed by atoms with E-state index >= 15 is 0 Å². The molecule has 0 radical (unpaired) electrons. The summed E-state index contributed by atoms with van der Waals surface area (Å²) in [5.74, 6) is -0.255. The fourth-order valence-electron chi connectivity index (χ4n) is 3.83. The number of ether oxygens (including phenoxy) is 1. The first-order valence-electron chi connectivity index (χ1n) is 10.0. The molecule has 6 heteroatoms. The number of hydrogen-bond acceptors (Lipinski definition) is 3. The van der Waals surface area contributed by atoms with Gasteiger partial charge in [0, 0.05) is 12.0 Å². The lowest BCUT2D eigenvalue weighted by atomic mass is 9.69. The Morgan fingerprint density at radius 3 is 2.28 bits per heavy atom. The number of hydrogen-bond donors (Lipinski definition) is 2. The number of amides is 2. The predicted molar refractivity (Wildman–Crippen MR) is 109 cm³/mol. The molecule has 2 amide bonds. The van der Waals surface area contributed by atoms with Crippen LogP contribution in [0.15, 0.2) is 54.6 Å². The Morgan fingerprint density at radius 2 is 1.59 bits per heavy atom. The third-order valence-electron chi connectivity index (χ3n) is 5.45. The predicted octanol–water partition coefficient (Wildman–Crippen LogP) is 3.34. The zero-order valence-electron chi connectivity index (χ0n) is 16.5. The molecule has 1 fully saturated rings. The van der Waals surface area contributed by atoms with E-state index in [1.807, 2.05) is 30.3 Å². The van der Waals surface area contributed by atoms with E-state index in [0.29, 0.717) is 12.3 Å². The summed E-state index contributed by atoms with van der Waals surface area (Å²) in [5.41, 5.74) is 0.876. The van der Waals surface area contributed by atoms with Crippen molar-refractivity contribution >= 4 is 11.8 Å². The summed E-state index contributed by atoms with van der Waals surface area (Å²) in [6.07, 6.45) is 5.25. The quantitative estimate of drug-likeness (QED) is 0.717. The van der Waals surface area contributed by atoms with Crippen molar-refractivity contribution in [1.29, 1.82) is 0 Å². The summed E-state index contributed by atoms with van der Waals surface area (Å²) in [4.78, 5) is 24.2. The molecule has 0 unspecified atom stereocenters. The van der Waals surface area contributed by atoms with E-state index in [1.165, 1.54) is 18.6 Å². The van der Waals surface area contributed by atoms with Gasteiger partial charge in [-0.2, -0.15) is 0 Å². The molecule has 1 aliphatic carbocycles. The molecule has 29 heavy (non-hydrogen) atoms. The van der Waals surface area contributed by atoms with Crippen LogP contribution in [0, 0.1) is 5.82 Å². The van der Waals surface area contributed by atoms with Crippen molar-refractivity contribution < 1.29 is 18.7 Å². The van der Waals surface area contributed by atoms with E-state index in [2.05, 4.69) is 10.6 Å². The van der Waals surface area contributed by atoms with E-state index in [-0.39, 0.29) is 36.2 Å². The van der Waals surface area contributed by atoms with Gasteiger partial charge in [-0.3, -0.25) is 9.59 Å². The number of para-hydroxylation sites is 1. The molecule has 154 valence electrons. The van der Waals surface area contributed by atoms with Crippen LogP contribution in [0.4, 0.5) is 4.39 Å². The third-order valence-corrected chi connectivity index (χ3v) is 5.45. The summed E-state index contributed by atoms with van der Waals surface area (Å²) < 4.78 is 18.7. The molecule has 0 atom stereocenters. The van der Waals surface area contributed by atoms with Gasteiger partial charge >= 0.3 is 0 Å². The maximum atomic E-state index is 13.3. The van der Waals surface area contributed by atoms with Gasteiger partial charge in [0.1, 0.15) is 11.6 Å². The van der Waals surface area contributed by atoms with Gasteiger partial charge in [0.05, 0.1) is 6.54 Å². The highest BCUT2D eigenvalue weighted by atomic mass is 19.1. The molecule has 0 heterocycles. The van der Waals surface area contributed by atoms with Gasteiger partial charge in [-0.1, -0.05) is 49.6 Å². The van der Waals surface area contributed by atoms with Gasteiger partial charge in [-0.05, 0) is 42.7 Å². The molecular weight excluding hydrogens is 371 g/mol. The average molecular weight is 398 g/mol. The van der Waals surface area contributed by atoms with E-state index in [0.717, 1.165) is 31.2 Å². The normalized spacial score (nSPS) is 15.3. The van der Waals surface area contributed by atoms with Crippen molar-refractivity contribution in [2.24, 2.45) is 0 Å². The van der Waals surface area contributed by atoms with Gasteiger partial charge in [-0.15, -0.1) is 0 Å². The molecule has 3 rings (SSSR count).